The third-order valence-electron chi connectivity index (χ3n) is 15.0. The van der Waals surface area contributed by atoms with Crippen molar-refractivity contribution in [2.75, 3.05) is 9.80 Å². The number of hydrogen-bond acceptors (Lipinski definition) is 2. The van der Waals surface area contributed by atoms with Gasteiger partial charge >= 0.3 is 0 Å². The summed E-state index contributed by atoms with van der Waals surface area (Å²) in [4.78, 5) is 5.28. The minimum absolute atomic E-state index is 0.0557. The fourth-order valence-corrected chi connectivity index (χ4v) is 12.7. The standard InChI is InChI=1S/C58H57BN2/c1-36-27-52-54-53(28-36)61(49-29-40(22-21-37(49)2)38-17-13-11-14-18-38)50-30-41(39-19-15-12-16-20-39)23-26-47(50)59(54)48-32-45-46(58(9,10)35-57(45,7)8)33-51(48)60(52)42-24-25-43-44(31-42)56(5,6)34-55(43,3)4/h11-33H,34-35H2,1-10H3. The fraction of sp³-hybridized carbons (Fsp3) is 0.276. The first-order chi connectivity index (χ1) is 29.0. The Morgan fingerprint density at radius 3 is 1.52 bits per heavy atom. The molecule has 0 aromatic heterocycles. The lowest BCUT2D eigenvalue weighted by atomic mass is 9.33. The summed E-state index contributed by atoms with van der Waals surface area (Å²) in [6, 6.07) is 53.7. The van der Waals surface area contributed by atoms with Crippen molar-refractivity contribution in [2.24, 2.45) is 0 Å². The zero-order valence-electron chi connectivity index (χ0n) is 37.7. The van der Waals surface area contributed by atoms with Gasteiger partial charge in [0.1, 0.15) is 0 Å². The molecule has 2 aliphatic heterocycles. The fourth-order valence-electron chi connectivity index (χ4n) is 12.7. The van der Waals surface area contributed by atoms with E-state index in [1.165, 1.54) is 106 Å². The van der Waals surface area contributed by atoms with Gasteiger partial charge in [-0.05, 0) is 163 Å². The van der Waals surface area contributed by atoms with E-state index in [-0.39, 0.29) is 28.4 Å². The SMILES string of the molecule is Cc1cc2c3c(c1)N(c1cc(-c4ccccc4)ccc1C)c1cc(-c4ccccc4)ccc1B3c1cc3c(cc1N2c1ccc2c(c1)C(C)(C)CC2(C)C)C(C)(C)CC3(C)C. The van der Waals surface area contributed by atoms with Crippen LogP contribution in [0.3, 0.4) is 0 Å². The van der Waals surface area contributed by atoms with Crippen LogP contribution in [0.5, 0.6) is 0 Å². The Hall–Kier alpha value is -5.80. The molecule has 7 aromatic rings. The Balaban J connectivity index is 1.24. The minimum Gasteiger partial charge on any atom is -0.311 e. The lowest BCUT2D eigenvalue weighted by molar-refractivity contribution is 0.403. The number of fused-ring (bicyclic) bond motifs is 6. The van der Waals surface area contributed by atoms with Crippen molar-refractivity contribution in [2.45, 2.75) is 104 Å². The molecule has 2 nitrogen and oxygen atoms in total. The maximum atomic E-state index is 2.66. The molecule has 0 saturated heterocycles. The van der Waals surface area contributed by atoms with Crippen molar-refractivity contribution < 1.29 is 0 Å². The molecule has 0 saturated carbocycles. The van der Waals surface area contributed by atoms with Crippen LogP contribution in [-0.2, 0) is 21.7 Å². The predicted octanol–water partition coefficient (Wildman–Crippen LogP) is 13.6. The van der Waals surface area contributed by atoms with E-state index in [0.29, 0.717) is 0 Å². The van der Waals surface area contributed by atoms with Crippen molar-refractivity contribution in [1.29, 1.82) is 0 Å². The van der Waals surface area contributed by atoms with Gasteiger partial charge < -0.3 is 9.80 Å². The number of nitrogens with zero attached hydrogens (tertiary/aromatic N) is 2. The Morgan fingerprint density at radius 1 is 0.393 bits per heavy atom. The summed E-state index contributed by atoms with van der Waals surface area (Å²) in [6.45, 7) is 24.2. The quantitative estimate of drug-likeness (QED) is 0.164. The molecule has 302 valence electrons. The molecular weight excluding hydrogens is 735 g/mol. The Labute approximate surface area is 364 Å². The van der Waals surface area contributed by atoms with E-state index >= 15 is 0 Å². The second-order valence-electron chi connectivity index (χ2n) is 21.4. The number of hydrogen-bond donors (Lipinski definition) is 0. The first-order valence-electron chi connectivity index (χ1n) is 22.5. The number of benzene rings is 7. The molecule has 61 heavy (non-hydrogen) atoms. The van der Waals surface area contributed by atoms with Gasteiger partial charge in [-0.2, -0.15) is 0 Å². The Morgan fingerprint density at radius 2 is 0.902 bits per heavy atom. The van der Waals surface area contributed by atoms with Gasteiger partial charge in [0, 0.05) is 34.1 Å². The molecule has 4 aliphatic rings. The molecule has 0 bridgehead atoms. The molecule has 0 unspecified atom stereocenters. The third kappa shape index (κ3) is 5.68. The molecule has 2 heterocycles. The van der Waals surface area contributed by atoms with Gasteiger partial charge in [-0.15, -0.1) is 0 Å². The predicted molar refractivity (Wildman–Crippen MR) is 262 cm³/mol. The van der Waals surface area contributed by atoms with E-state index in [1.54, 1.807) is 0 Å². The van der Waals surface area contributed by atoms with Gasteiger partial charge in [0.2, 0.25) is 0 Å². The third-order valence-corrected chi connectivity index (χ3v) is 15.0. The van der Waals surface area contributed by atoms with Gasteiger partial charge in [0.05, 0.1) is 0 Å². The van der Waals surface area contributed by atoms with Gasteiger partial charge in [0.25, 0.3) is 6.71 Å². The molecule has 0 fully saturated rings. The molecule has 0 radical (unpaired) electrons. The van der Waals surface area contributed by atoms with Crippen molar-refractivity contribution >= 4 is 57.2 Å². The van der Waals surface area contributed by atoms with Crippen LogP contribution in [0.2, 0.25) is 0 Å². The summed E-state index contributed by atoms with van der Waals surface area (Å²) in [7, 11) is 0. The first kappa shape index (κ1) is 38.2. The van der Waals surface area contributed by atoms with E-state index in [0.717, 1.165) is 12.8 Å². The van der Waals surface area contributed by atoms with Crippen LogP contribution in [0.15, 0.2) is 140 Å². The van der Waals surface area contributed by atoms with E-state index in [4.69, 9.17) is 0 Å². The number of anilines is 6. The average molecular weight is 793 g/mol. The molecule has 3 heteroatoms. The lowest BCUT2D eigenvalue weighted by Crippen LogP contribution is -2.61. The minimum atomic E-state index is 0.0557. The van der Waals surface area contributed by atoms with Crippen LogP contribution in [0.1, 0.15) is 102 Å². The van der Waals surface area contributed by atoms with Gasteiger partial charge in [-0.1, -0.05) is 152 Å². The highest BCUT2D eigenvalue weighted by atomic mass is 15.2. The van der Waals surface area contributed by atoms with Crippen molar-refractivity contribution in [1.82, 2.24) is 0 Å². The van der Waals surface area contributed by atoms with Crippen LogP contribution in [0.4, 0.5) is 34.1 Å². The van der Waals surface area contributed by atoms with Crippen molar-refractivity contribution in [3.63, 3.8) is 0 Å². The molecule has 2 aliphatic carbocycles. The highest BCUT2D eigenvalue weighted by Crippen LogP contribution is 2.55. The summed E-state index contributed by atoms with van der Waals surface area (Å²) >= 11 is 0. The van der Waals surface area contributed by atoms with Crippen LogP contribution in [0, 0.1) is 13.8 Å². The van der Waals surface area contributed by atoms with Crippen molar-refractivity contribution in [3.8, 4) is 22.3 Å². The zero-order valence-corrected chi connectivity index (χ0v) is 37.7. The molecule has 7 aromatic carbocycles. The smallest absolute Gasteiger partial charge is 0.252 e. The summed E-state index contributed by atoms with van der Waals surface area (Å²) < 4.78 is 0. The van der Waals surface area contributed by atoms with Crippen LogP contribution in [0.25, 0.3) is 22.3 Å². The van der Waals surface area contributed by atoms with Crippen molar-refractivity contribution in [3.05, 3.63) is 173 Å². The lowest BCUT2D eigenvalue weighted by Gasteiger charge is -2.45. The summed E-state index contributed by atoms with van der Waals surface area (Å²) in [5.41, 5.74) is 25.5. The van der Waals surface area contributed by atoms with E-state index in [9.17, 15) is 0 Å². The van der Waals surface area contributed by atoms with Crippen LogP contribution < -0.4 is 26.2 Å². The highest BCUT2D eigenvalue weighted by Gasteiger charge is 2.49. The Bertz CT molecular complexity index is 2950. The molecule has 0 N–H and O–H groups in total. The largest absolute Gasteiger partial charge is 0.311 e. The van der Waals surface area contributed by atoms with Gasteiger partial charge in [0.15, 0.2) is 0 Å². The second-order valence-corrected chi connectivity index (χ2v) is 21.4. The zero-order chi connectivity index (χ0) is 42.4. The van der Waals surface area contributed by atoms with E-state index in [1.807, 2.05) is 0 Å². The van der Waals surface area contributed by atoms with E-state index in [2.05, 4.69) is 219 Å². The highest BCUT2D eigenvalue weighted by molar-refractivity contribution is 7.00. The second kappa shape index (κ2) is 12.9. The maximum Gasteiger partial charge on any atom is 0.252 e. The molecule has 0 atom stereocenters. The molecular formula is C58H57BN2. The normalized spacial score (nSPS) is 18.0. The summed E-state index contributed by atoms with van der Waals surface area (Å²) in [6.07, 6.45) is 2.27. The number of aryl methyl sites for hydroxylation is 2. The van der Waals surface area contributed by atoms with E-state index < -0.39 is 0 Å². The molecule has 0 amide bonds. The summed E-state index contributed by atoms with van der Waals surface area (Å²) in [5, 5.41) is 0. The Kier molecular flexibility index (Phi) is 8.05. The monoisotopic (exact) mass is 792 g/mol. The maximum absolute atomic E-state index is 2.66. The first-order valence-corrected chi connectivity index (χ1v) is 22.5. The van der Waals surface area contributed by atoms with Crippen LogP contribution in [-0.4, -0.2) is 6.71 Å². The van der Waals surface area contributed by atoms with Crippen LogP contribution >= 0.6 is 0 Å². The van der Waals surface area contributed by atoms with Gasteiger partial charge in [-0.3, -0.25) is 0 Å². The summed E-state index contributed by atoms with van der Waals surface area (Å²) in [5.74, 6) is 0. The number of rotatable bonds is 4. The van der Waals surface area contributed by atoms with Gasteiger partial charge in [-0.25, -0.2) is 0 Å². The average Bonchev–Trinajstić information content (AvgIpc) is 3.54. The molecule has 11 rings (SSSR count). The molecule has 0 spiro atoms. The topological polar surface area (TPSA) is 6.48 Å².